The first-order valence-corrected chi connectivity index (χ1v) is 8.52. The van der Waals surface area contributed by atoms with Crippen LogP contribution in [0.3, 0.4) is 0 Å². The maximum absolute atomic E-state index is 13.6. The summed E-state index contributed by atoms with van der Waals surface area (Å²) in [6.45, 7) is 0.743. The molecule has 1 aromatic carbocycles. The Morgan fingerprint density at radius 2 is 2.11 bits per heavy atom. The van der Waals surface area contributed by atoms with Crippen LogP contribution in [0.5, 0.6) is 0 Å². The molecular formula is C12H14BrF2NO2S. The molecule has 0 aromatic heterocycles. The van der Waals surface area contributed by atoms with Crippen LogP contribution in [-0.4, -0.2) is 31.1 Å². The Balaban J connectivity index is 2.31. The normalized spacial score (nSPS) is 21.5. The molecule has 1 atom stereocenters. The van der Waals surface area contributed by atoms with Crippen LogP contribution in [0.1, 0.15) is 12.8 Å². The van der Waals surface area contributed by atoms with Crippen molar-refractivity contribution in [1.29, 1.82) is 0 Å². The van der Waals surface area contributed by atoms with E-state index in [9.17, 15) is 17.2 Å². The molecule has 0 N–H and O–H groups in total. The van der Waals surface area contributed by atoms with E-state index in [4.69, 9.17) is 0 Å². The smallest absolute Gasteiger partial charge is 0.207 e. The highest BCUT2D eigenvalue weighted by atomic mass is 79.9. The number of alkyl halides is 1. The van der Waals surface area contributed by atoms with E-state index in [1.54, 1.807) is 0 Å². The third-order valence-electron chi connectivity index (χ3n) is 3.21. The van der Waals surface area contributed by atoms with Gasteiger partial charge >= 0.3 is 0 Å². The van der Waals surface area contributed by atoms with Crippen LogP contribution in [0.15, 0.2) is 23.1 Å². The highest BCUT2D eigenvalue weighted by molar-refractivity contribution is 9.09. The van der Waals surface area contributed by atoms with Crippen molar-refractivity contribution in [3.63, 3.8) is 0 Å². The third kappa shape index (κ3) is 3.14. The molecule has 0 bridgehead atoms. The molecule has 1 aliphatic heterocycles. The Hall–Kier alpha value is -0.530. The van der Waals surface area contributed by atoms with E-state index in [0.717, 1.165) is 25.0 Å². The fourth-order valence-corrected chi connectivity index (χ4v) is 4.32. The largest absolute Gasteiger partial charge is 0.245 e. The van der Waals surface area contributed by atoms with Crippen molar-refractivity contribution in [1.82, 2.24) is 4.31 Å². The zero-order chi connectivity index (χ0) is 14.0. The molecule has 0 aliphatic carbocycles. The van der Waals surface area contributed by atoms with Crippen molar-refractivity contribution < 1.29 is 17.2 Å². The van der Waals surface area contributed by atoms with Crippen LogP contribution < -0.4 is 0 Å². The monoisotopic (exact) mass is 353 g/mol. The van der Waals surface area contributed by atoms with Gasteiger partial charge in [0.15, 0.2) is 0 Å². The molecule has 1 fully saturated rings. The Bertz CT molecular complexity index is 565. The fraction of sp³-hybridized carbons (Fsp3) is 0.500. The van der Waals surface area contributed by atoms with Crippen LogP contribution in [0.4, 0.5) is 8.78 Å². The summed E-state index contributed by atoms with van der Waals surface area (Å²) in [4.78, 5) is -0.455. The van der Waals surface area contributed by atoms with Gasteiger partial charge in [-0.2, -0.15) is 4.31 Å². The van der Waals surface area contributed by atoms with Crippen LogP contribution in [-0.2, 0) is 10.0 Å². The molecule has 1 aromatic rings. The van der Waals surface area contributed by atoms with Gasteiger partial charge in [0, 0.05) is 24.5 Å². The van der Waals surface area contributed by atoms with Crippen molar-refractivity contribution in [2.75, 3.05) is 18.4 Å². The summed E-state index contributed by atoms with van der Waals surface area (Å²) in [6.07, 6.45) is 1.70. The minimum Gasteiger partial charge on any atom is -0.207 e. The molecular weight excluding hydrogens is 340 g/mol. The van der Waals surface area contributed by atoms with Gasteiger partial charge in [-0.1, -0.05) is 15.9 Å². The number of halogens is 3. The highest BCUT2D eigenvalue weighted by Gasteiger charge is 2.31. The first-order chi connectivity index (χ1) is 8.95. The molecule has 19 heavy (non-hydrogen) atoms. The quantitative estimate of drug-likeness (QED) is 0.783. The molecule has 1 aliphatic rings. The van der Waals surface area contributed by atoms with Crippen LogP contribution in [0, 0.1) is 17.6 Å². The van der Waals surface area contributed by atoms with E-state index >= 15 is 0 Å². The number of sulfonamides is 1. The molecule has 1 saturated heterocycles. The first kappa shape index (κ1) is 14.9. The highest BCUT2D eigenvalue weighted by Crippen LogP contribution is 2.26. The Morgan fingerprint density at radius 1 is 1.37 bits per heavy atom. The van der Waals surface area contributed by atoms with Gasteiger partial charge in [0.1, 0.15) is 16.5 Å². The summed E-state index contributed by atoms with van der Waals surface area (Å²) in [6, 6.07) is 2.54. The molecule has 2 rings (SSSR count). The van der Waals surface area contributed by atoms with Crippen molar-refractivity contribution in [2.45, 2.75) is 17.7 Å². The lowest BCUT2D eigenvalue weighted by Crippen LogP contribution is -2.40. The zero-order valence-electron chi connectivity index (χ0n) is 10.2. The van der Waals surface area contributed by atoms with Gasteiger partial charge in [0.05, 0.1) is 0 Å². The number of nitrogens with zero attached hydrogens (tertiary/aromatic N) is 1. The topological polar surface area (TPSA) is 37.4 Å². The molecule has 0 radical (unpaired) electrons. The SMILES string of the molecule is O=S(=O)(c1ccc(F)cc1F)N1CCCC(CBr)C1. The number of benzene rings is 1. The lowest BCUT2D eigenvalue weighted by Gasteiger charge is -2.31. The molecule has 106 valence electrons. The van der Waals surface area contributed by atoms with Crippen molar-refractivity contribution >= 4 is 26.0 Å². The molecule has 7 heteroatoms. The molecule has 3 nitrogen and oxygen atoms in total. The Morgan fingerprint density at radius 3 is 2.74 bits per heavy atom. The van der Waals surface area contributed by atoms with Gasteiger partial charge in [-0.25, -0.2) is 17.2 Å². The molecule has 0 amide bonds. The van der Waals surface area contributed by atoms with Gasteiger partial charge in [-0.05, 0) is 30.9 Å². The summed E-state index contributed by atoms with van der Waals surface area (Å²) in [5, 5.41) is 0.713. The van der Waals surface area contributed by atoms with E-state index in [0.29, 0.717) is 24.5 Å². The fourth-order valence-electron chi connectivity index (χ4n) is 2.19. The molecule has 1 heterocycles. The van der Waals surface area contributed by atoms with E-state index in [2.05, 4.69) is 15.9 Å². The first-order valence-electron chi connectivity index (χ1n) is 5.96. The van der Waals surface area contributed by atoms with Crippen LogP contribution in [0.2, 0.25) is 0 Å². The second kappa shape index (κ2) is 5.85. The average Bonchev–Trinajstić information content (AvgIpc) is 2.38. The number of hydrogen-bond donors (Lipinski definition) is 0. The minimum atomic E-state index is -3.88. The van der Waals surface area contributed by atoms with Gasteiger partial charge in [0.25, 0.3) is 0 Å². The second-order valence-corrected chi connectivity index (χ2v) is 7.15. The lowest BCUT2D eigenvalue weighted by atomic mass is 10.0. The molecule has 0 spiro atoms. The van der Waals surface area contributed by atoms with Gasteiger partial charge in [-0.15, -0.1) is 0 Å². The average molecular weight is 354 g/mol. The number of rotatable bonds is 3. The van der Waals surface area contributed by atoms with Gasteiger partial charge < -0.3 is 0 Å². The van der Waals surface area contributed by atoms with Crippen molar-refractivity contribution in [3.8, 4) is 0 Å². The summed E-state index contributed by atoms with van der Waals surface area (Å²) >= 11 is 3.34. The summed E-state index contributed by atoms with van der Waals surface area (Å²) in [5.41, 5.74) is 0. The van der Waals surface area contributed by atoms with Crippen LogP contribution in [0.25, 0.3) is 0 Å². The van der Waals surface area contributed by atoms with Crippen molar-refractivity contribution in [2.24, 2.45) is 5.92 Å². The number of hydrogen-bond acceptors (Lipinski definition) is 2. The maximum Gasteiger partial charge on any atom is 0.245 e. The van der Waals surface area contributed by atoms with Crippen LogP contribution >= 0.6 is 15.9 Å². The standard InChI is InChI=1S/C12H14BrF2NO2S/c13-7-9-2-1-5-16(8-9)19(17,18)12-4-3-10(14)6-11(12)15/h3-4,6,9H,1-2,5,7-8H2. The third-order valence-corrected chi connectivity index (χ3v) is 6.03. The van der Waals surface area contributed by atoms with Crippen molar-refractivity contribution in [3.05, 3.63) is 29.8 Å². The molecule has 1 unspecified atom stereocenters. The minimum absolute atomic E-state index is 0.229. The Labute approximate surface area is 119 Å². The van der Waals surface area contributed by atoms with E-state index in [1.807, 2.05) is 0 Å². The maximum atomic E-state index is 13.6. The van der Waals surface area contributed by atoms with E-state index < -0.39 is 26.6 Å². The molecule has 0 saturated carbocycles. The van der Waals surface area contributed by atoms with Gasteiger partial charge in [0.2, 0.25) is 10.0 Å². The number of piperidine rings is 1. The summed E-state index contributed by atoms with van der Waals surface area (Å²) < 4.78 is 52.4. The lowest BCUT2D eigenvalue weighted by molar-refractivity contribution is 0.284. The second-order valence-electron chi connectivity index (χ2n) is 4.60. The zero-order valence-corrected chi connectivity index (χ0v) is 12.6. The Kier molecular flexibility index (Phi) is 4.58. The van der Waals surface area contributed by atoms with Gasteiger partial charge in [-0.3, -0.25) is 0 Å². The predicted molar refractivity (Wildman–Crippen MR) is 71.6 cm³/mol. The van der Waals surface area contributed by atoms with E-state index in [1.165, 1.54) is 4.31 Å². The van der Waals surface area contributed by atoms with E-state index in [-0.39, 0.29) is 5.92 Å². The predicted octanol–water partition coefficient (Wildman–Crippen LogP) is 2.76. The summed E-state index contributed by atoms with van der Waals surface area (Å²) in [5.74, 6) is -1.60. The summed E-state index contributed by atoms with van der Waals surface area (Å²) in [7, 11) is -3.88.